The highest BCUT2D eigenvalue weighted by molar-refractivity contribution is 5.75. The Balaban J connectivity index is 1.62. The minimum atomic E-state index is 0.151. The van der Waals surface area contributed by atoms with Crippen molar-refractivity contribution in [2.75, 3.05) is 39.9 Å². The molecule has 2 aliphatic heterocycles. The number of hydrogen-bond donors (Lipinski definition) is 2. The van der Waals surface area contributed by atoms with Crippen LogP contribution in [-0.2, 0) is 4.74 Å². The number of piperidine rings is 1. The lowest BCUT2D eigenvalue weighted by Gasteiger charge is -2.38. The van der Waals surface area contributed by atoms with Gasteiger partial charge < -0.3 is 20.3 Å². The first kappa shape index (κ1) is 15.1. The second-order valence-electron chi connectivity index (χ2n) is 7.08. The summed E-state index contributed by atoms with van der Waals surface area (Å²) in [7, 11) is 1.77. The van der Waals surface area contributed by atoms with E-state index < -0.39 is 0 Å². The molecule has 0 radical (unpaired) electrons. The molecule has 120 valence electrons. The van der Waals surface area contributed by atoms with Crippen LogP contribution < -0.4 is 10.6 Å². The van der Waals surface area contributed by atoms with Gasteiger partial charge in [-0.1, -0.05) is 12.8 Å². The smallest absolute Gasteiger partial charge is 0.317 e. The fourth-order valence-corrected chi connectivity index (χ4v) is 4.45. The van der Waals surface area contributed by atoms with Gasteiger partial charge in [0.05, 0.1) is 6.61 Å². The molecule has 2 saturated heterocycles. The molecular formula is C16H29N3O2. The van der Waals surface area contributed by atoms with Crippen LogP contribution in [0.2, 0.25) is 0 Å². The van der Waals surface area contributed by atoms with E-state index in [-0.39, 0.29) is 11.4 Å². The number of nitrogens with zero attached hydrogens (tertiary/aromatic N) is 1. The molecule has 21 heavy (non-hydrogen) atoms. The molecule has 2 amide bonds. The molecule has 1 aliphatic carbocycles. The van der Waals surface area contributed by atoms with E-state index in [2.05, 4.69) is 10.6 Å². The van der Waals surface area contributed by atoms with Crippen molar-refractivity contribution in [1.29, 1.82) is 0 Å². The molecule has 1 spiro atoms. The van der Waals surface area contributed by atoms with E-state index in [1.165, 1.54) is 12.8 Å². The first-order chi connectivity index (χ1) is 10.2. The first-order valence-corrected chi connectivity index (χ1v) is 8.49. The summed E-state index contributed by atoms with van der Waals surface area (Å²) in [5, 5.41) is 6.68. The second kappa shape index (κ2) is 6.53. The zero-order chi connectivity index (χ0) is 14.7. The standard InChI is InChI=1S/C16H29N3O2/c1-21-11-13-10-19(12-16(13)6-8-17-9-7-16)15(20)18-14-4-2-3-5-14/h13-14,17H,2-12H2,1H3,(H,18,20). The number of hydrogen-bond acceptors (Lipinski definition) is 3. The third kappa shape index (κ3) is 3.19. The predicted molar refractivity (Wildman–Crippen MR) is 82.3 cm³/mol. The van der Waals surface area contributed by atoms with Crippen molar-refractivity contribution in [3.63, 3.8) is 0 Å². The molecule has 2 N–H and O–H groups in total. The van der Waals surface area contributed by atoms with Gasteiger partial charge in [-0.3, -0.25) is 0 Å². The van der Waals surface area contributed by atoms with Gasteiger partial charge >= 0.3 is 6.03 Å². The van der Waals surface area contributed by atoms with Crippen LogP contribution in [0.15, 0.2) is 0 Å². The van der Waals surface area contributed by atoms with Crippen molar-refractivity contribution in [1.82, 2.24) is 15.5 Å². The van der Waals surface area contributed by atoms with Gasteiger partial charge in [-0.15, -0.1) is 0 Å². The molecule has 0 bridgehead atoms. The number of likely N-dealkylation sites (tertiary alicyclic amines) is 1. The maximum absolute atomic E-state index is 12.5. The second-order valence-corrected chi connectivity index (χ2v) is 7.08. The Hall–Kier alpha value is -0.810. The Labute approximate surface area is 127 Å². The third-order valence-electron chi connectivity index (χ3n) is 5.75. The zero-order valence-corrected chi connectivity index (χ0v) is 13.2. The quantitative estimate of drug-likeness (QED) is 0.831. The van der Waals surface area contributed by atoms with E-state index in [1.54, 1.807) is 7.11 Å². The van der Waals surface area contributed by atoms with Crippen LogP contribution in [0.25, 0.3) is 0 Å². The summed E-state index contributed by atoms with van der Waals surface area (Å²) in [4.78, 5) is 14.6. The van der Waals surface area contributed by atoms with Gasteiger partial charge in [0.25, 0.3) is 0 Å². The van der Waals surface area contributed by atoms with Crippen molar-refractivity contribution in [2.24, 2.45) is 11.3 Å². The van der Waals surface area contributed by atoms with E-state index >= 15 is 0 Å². The number of nitrogens with one attached hydrogen (secondary N) is 2. The molecule has 3 aliphatic rings. The van der Waals surface area contributed by atoms with Gasteiger partial charge in [0.2, 0.25) is 0 Å². The average molecular weight is 295 g/mol. The lowest BCUT2D eigenvalue weighted by molar-refractivity contribution is 0.0717. The highest BCUT2D eigenvalue weighted by atomic mass is 16.5. The lowest BCUT2D eigenvalue weighted by Crippen LogP contribution is -2.45. The Morgan fingerprint density at radius 3 is 2.71 bits per heavy atom. The van der Waals surface area contributed by atoms with E-state index in [1.807, 2.05) is 4.90 Å². The van der Waals surface area contributed by atoms with Gasteiger partial charge in [-0.2, -0.15) is 0 Å². The number of urea groups is 1. The number of carbonyl (C=O) groups excluding carboxylic acids is 1. The van der Waals surface area contributed by atoms with Crippen molar-refractivity contribution < 1.29 is 9.53 Å². The zero-order valence-electron chi connectivity index (χ0n) is 13.2. The van der Waals surface area contributed by atoms with Gasteiger partial charge in [-0.05, 0) is 44.2 Å². The lowest BCUT2D eigenvalue weighted by atomic mass is 9.71. The molecule has 1 unspecified atom stereocenters. The number of methoxy groups -OCH3 is 1. The fraction of sp³-hybridized carbons (Fsp3) is 0.938. The molecule has 0 aromatic heterocycles. The molecule has 0 aromatic rings. The highest BCUT2D eigenvalue weighted by Crippen LogP contribution is 2.43. The van der Waals surface area contributed by atoms with E-state index in [0.717, 1.165) is 58.5 Å². The van der Waals surface area contributed by atoms with Crippen molar-refractivity contribution in [2.45, 2.75) is 44.6 Å². The molecule has 3 fully saturated rings. The Bertz CT molecular complexity index is 363. The largest absolute Gasteiger partial charge is 0.384 e. The Morgan fingerprint density at radius 2 is 2.05 bits per heavy atom. The van der Waals surface area contributed by atoms with E-state index in [9.17, 15) is 4.79 Å². The monoisotopic (exact) mass is 295 g/mol. The molecule has 1 atom stereocenters. The highest BCUT2D eigenvalue weighted by Gasteiger charge is 2.48. The summed E-state index contributed by atoms with van der Waals surface area (Å²) >= 11 is 0. The van der Waals surface area contributed by atoms with Gasteiger partial charge in [0.15, 0.2) is 0 Å². The van der Waals surface area contributed by atoms with Crippen LogP contribution in [0, 0.1) is 11.3 Å². The van der Waals surface area contributed by atoms with Crippen molar-refractivity contribution in [3.05, 3.63) is 0 Å². The number of ether oxygens (including phenoxy) is 1. The molecule has 0 aromatic carbocycles. The molecule has 3 rings (SSSR count). The predicted octanol–water partition coefficient (Wildman–Crippen LogP) is 1.59. The van der Waals surface area contributed by atoms with Crippen molar-refractivity contribution >= 4 is 6.03 Å². The third-order valence-corrected chi connectivity index (χ3v) is 5.75. The van der Waals surface area contributed by atoms with Crippen LogP contribution >= 0.6 is 0 Å². The molecule has 5 nitrogen and oxygen atoms in total. The van der Waals surface area contributed by atoms with E-state index in [0.29, 0.717) is 12.0 Å². The summed E-state index contributed by atoms with van der Waals surface area (Å²) in [5.41, 5.74) is 0.272. The topological polar surface area (TPSA) is 53.6 Å². The molecule has 5 heteroatoms. The number of rotatable bonds is 3. The summed E-state index contributed by atoms with van der Waals surface area (Å²) in [6.45, 7) is 4.66. The summed E-state index contributed by atoms with van der Waals surface area (Å²) < 4.78 is 5.44. The van der Waals surface area contributed by atoms with Gasteiger partial charge in [0.1, 0.15) is 0 Å². The van der Waals surface area contributed by atoms with Gasteiger partial charge in [0, 0.05) is 32.2 Å². The molecule has 1 saturated carbocycles. The van der Waals surface area contributed by atoms with E-state index in [4.69, 9.17) is 4.74 Å². The normalized spacial score (nSPS) is 29.2. The van der Waals surface area contributed by atoms with Crippen LogP contribution in [0.5, 0.6) is 0 Å². The molecular weight excluding hydrogens is 266 g/mol. The van der Waals surface area contributed by atoms with Crippen LogP contribution in [0.1, 0.15) is 38.5 Å². The number of amides is 2. The Morgan fingerprint density at radius 1 is 1.33 bits per heavy atom. The first-order valence-electron chi connectivity index (χ1n) is 8.49. The van der Waals surface area contributed by atoms with Gasteiger partial charge in [-0.25, -0.2) is 4.79 Å². The minimum Gasteiger partial charge on any atom is -0.384 e. The summed E-state index contributed by atoms with van der Waals surface area (Å²) in [6, 6.07) is 0.557. The maximum Gasteiger partial charge on any atom is 0.317 e. The summed E-state index contributed by atoms with van der Waals surface area (Å²) in [5.74, 6) is 0.485. The Kier molecular flexibility index (Phi) is 4.69. The number of carbonyl (C=O) groups is 1. The molecule has 2 heterocycles. The van der Waals surface area contributed by atoms with Crippen molar-refractivity contribution in [3.8, 4) is 0 Å². The van der Waals surface area contributed by atoms with Crippen LogP contribution in [0.3, 0.4) is 0 Å². The maximum atomic E-state index is 12.5. The van der Waals surface area contributed by atoms with Crippen LogP contribution in [0.4, 0.5) is 4.79 Å². The minimum absolute atomic E-state index is 0.151. The average Bonchev–Trinajstić information content (AvgIpc) is 3.10. The fourth-order valence-electron chi connectivity index (χ4n) is 4.45. The SMILES string of the molecule is COCC1CN(C(=O)NC2CCCC2)CC12CCNCC2. The van der Waals surface area contributed by atoms with Crippen LogP contribution in [-0.4, -0.2) is 56.9 Å². The summed E-state index contributed by atoms with van der Waals surface area (Å²) in [6.07, 6.45) is 7.13.